The predicted molar refractivity (Wildman–Crippen MR) is 49.5 cm³/mol. The van der Waals surface area contributed by atoms with Gasteiger partial charge in [0.15, 0.2) is 9.84 Å². The van der Waals surface area contributed by atoms with Crippen molar-refractivity contribution in [1.82, 2.24) is 10.4 Å². The predicted octanol–water partition coefficient (Wildman–Crippen LogP) is -0.661. The molecule has 0 saturated carbocycles. The van der Waals surface area contributed by atoms with Gasteiger partial charge in [-0.05, 0) is 0 Å². The molecule has 0 amide bonds. The fraction of sp³-hybridized carbons (Fsp3) is 0.714. The Labute approximate surface area is 78.3 Å². The average molecular weight is 206 g/mol. The zero-order valence-corrected chi connectivity index (χ0v) is 8.38. The fourth-order valence-corrected chi connectivity index (χ4v) is 1.26. The molecule has 13 heavy (non-hydrogen) atoms. The number of morpholine rings is 1. The van der Waals surface area contributed by atoms with Crippen molar-refractivity contribution < 1.29 is 13.2 Å². The summed E-state index contributed by atoms with van der Waals surface area (Å²) < 4.78 is 26.5. The van der Waals surface area contributed by atoms with Crippen molar-refractivity contribution in [3.63, 3.8) is 0 Å². The van der Waals surface area contributed by atoms with Gasteiger partial charge in [0, 0.05) is 31.0 Å². The highest BCUT2D eigenvalue weighted by Crippen LogP contribution is 1.92. The van der Waals surface area contributed by atoms with E-state index in [1.807, 2.05) is 5.01 Å². The molecule has 1 heterocycles. The molecule has 0 aliphatic carbocycles. The Balaban J connectivity index is 2.29. The van der Waals surface area contributed by atoms with Crippen LogP contribution in [0.4, 0.5) is 0 Å². The summed E-state index contributed by atoms with van der Waals surface area (Å²) >= 11 is 0. The highest BCUT2D eigenvalue weighted by Gasteiger charge is 2.07. The SMILES string of the molecule is CS(=O)(=O)C=CNN1CCOCC1. The molecule has 1 aliphatic heterocycles. The van der Waals surface area contributed by atoms with Gasteiger partial charge in [0.25, 0.3) is 0 Å². The maximum absolute atomic E-state index is 10.7. The lowest BCUT2D eigenvalue weighted by molar-refractivity contribution is 0.0210. The van der Waals surface area contributed by atoms with E-state index in [0.717, 1.165) is 24.8 Å². The lowest BCUT2D eigenvalue weighted by Gasteiger charge is -2.25. The van der Waals surface area contributed by atoms with Gasteiger partial charge in [-0.2, -0.15) is 0 Å². The number of rotatable bonds is 3. The molecule has 0 bridgehead atoms. The van der Waals surface area contributed by atoms with Crippen molar-refractivity contribution in [2.24, 2.45) is 0 Å². The van der Waals surface area contributed by atoms with Crippen LogP contribution in [0, 0.1) is 0 Å². The molecule has 0 aromatic carbocycles. The standard InChI is InChI=1S/C7H14N2O3S/c1-13(10,11)7-2-8-9-3-5-12-6-4-9/h2,7-8H,3-6H2,1H3. The Morgan fingerprint density at radius 1 is 1.38 bits per heavy atom. The van der Waals surface area contributed by atoms with Gasteiger partial charge in [-0.1, -0.05) is 0 Å². The van der Waals surface area contributed by atoms with Crippen molar-refractivity contribution in [3.05, 3.63) is 11.6 Å². The third kappa shape index (κ3) is 4.87. The third-order valence-electron chi connectivity index (χ3n) is 1.58. The van der Waals surface area contributed by atoms with Crippen LogP contribution in [-0.2, 0) is 14.6 Å². The first kappa shape index (κ1) is 10.5. The minimum absolute atomic E-state index is 0.680. The summed E-state index contributed by atoms with van der Waals surface area (Å²) in [5.74, 6) is 0. The summed E-state index contributed by atoms with van der Waals surface area (Å²) in [5, 5.41) is 3.05. The van der Waals surface area contributed by atoms with E-state index in [1.54, 1.807) is 0 Å². The van der Waals surface area contributed by atoms with Crippen molar-refractivity contribution in [2.75, 3.05) is 32.6 Å². The molecular formula is C7H14N2O3S. The Kier molecular flexibility index (Phi) is 3.71. The van der Waals surface area contributed by atoms with Gasteiger partial charge in [-0.15, -0.1) is 0 Å². The summed E-state index contributed by atoms with van der Waals surface area (Å²) in [6, 6.07) is 0. The summed E-state index contributed by atoms with van der Waals surface area (Å²) in [6.07, 6.45) is 2.59. The smallest absolute Gasteiger partial charge is 0.170 e. The van der Waals surface area contributed by atoms with Gasteiger partial charge in [0.05, 0.1) is 13.2 Å². The van der Waals surface area contributed by atoms with Crippen molar-refractivity contribution in [1.29, 1.82) is 0 Å². The van der Waals surface area contributed by atoms with Gasteiger partial charge in [0.1, 0.15) is 0 Å². The van der Waals surface area contributed by atoms with E-state index in [-0.39, 0.29) is 0 Å². The lowest BCUT2D eigenvalue weighted by Crippen LogP contribution is -2.43. The molecule has 76 valence electrons. The third-order valence-corrected chi connectivity index (χ3v) is 2.21. The normalized spacial score (nSPS) is 20.7. The molecule has 0 aromatic heterocycles. The van der Waals surface area contributed by atoms with Gasteiger partial charge in [-0.25, -0.2) is 13.4 Å². The van der Waals surface area contributed by atoms with Crippen LogP contribution in [-0.4, -0.2) is 46.0 Å². The number of nitrogens with one attached hydrogen (secondary N) is 1. The first-order valence-electron chi connectivity index (χ1n) is 4.03. The largest absolute Gasteiger partial charge is 0.379 e. The molecule has 1 aliphatic rings. The van der Waals surface area contributed by atoms with Crippen molar-refractivity contribution in [2.45, 2.75) is 0 Å². The molecule has 6 heteroatoms. The van der Waals surface area contributed by atoms with Crippen LogP contribution >= 0.6 is 0 Å². The lowest BCUT2D eigenvalue weighted by atomic mass is 10.5. The zero-order chi connectivity index (χ0) is 9.73. The molecule has 0 spiro atoms. The minimum Gasteiger partial charge on any atom is -0.379 e. The summed E-state index contributed by atoms with van der Waals surface area (Å²) in [5.41, 5.74) is 2.87. The first-order chi connectivity index (χ1) is 6.08. The second-order valence-corrected chi connectivity index (χ2v) is 4.79. The number of ether oxygens (including phenoxy) is 1. The summed E-state index contributed by atoms with van der Waals surface area (Å²) in [7, 11) is -3.03. The van der Waals surface area contributed by atoms with E-state index < -0.39 is 9.84 Å². The van der Waals surface area contributed by atoms with Gasteiger partial charge < -0.3 is 10.2 Å². The quantitative estimate of drug-likeness (QED) is 0.664. The molecule has 0 unspecified atom stereocenters. The topological polar surface area (TPSA) is 58.6 Å². The molecule has 1 N–H and O–H groups in total. The van der Waals surface area contributed by atoms with E-state index in [9.17, 15) is 8.42 Å². The Bertz CT molecular complexity index is 267. The van der Waals surface area contributed by atoms with Crippen LogP contribution in [0.1, 0.15) is 0 Å². The van der Waals surface area contributed by atoms with Crippen LogP contribution in [0.15, 0.2) is 11.6 Å². The number of hydrazine groups is 1. The van der Waals surface area contributed by atoms with E-state index in [4.69, 9.17) is 4.74 Å². The molecule has 0 radical (unpaired) electrons. The van der Waals surface area contributed by atoms with E-state index in [0.29, 0.717) is 13.2 Å². The number of hydrogen-bond donors (Lipinski definition) is 1. The first-order valence-corrected chi connectivity index (χ1v) is 5.99. The monoisotopic (exact) mass is 206 g/mol. The Hall–Kier alpha value is -0.590. The van der Waals surface area contributed by atoms with E-state index in [2.05, 4.69) is 5.43 Å². The van der Waals surface area contributed by atoms with E-state index >= 15 is 0 Å². The molecule has 5 nitrogen and oxygen atoms in total. The van der Waals surface area contributed by atoms with Crippen LogP contribution in [0.5, 0.6) is 0 Å². The Morgan fingerprint density at radius 3 is 2.54 bits per heavy atom. The molecule has 0 atom stereocenters. The van der Waals surface area contributed by atoms with Crippen LogP contribution in [0.2, 0.25) is 0 Å². The minimum atomic E-state index is -3.03. The van der Waals surface area contributed by atoms with Gasteiger partial charge in [-0.3, -0.25) is 0 Å². The maximum atomic E-state index is 10.7. The summed E-state index contributed by atoms with van der Waals surface area (Å²) in [4.78, 5) is 0. The van der Waals surface area contributed by atoms with Crippen LogP contribution in [0.25, 0.3) is 0 Å². The van der Waals surface area contributed by atoms with Crippen molar-refractivity contribution >= 4 is 9.84 Å². The molecule has 1 rings (SSSR count). The number of sulfone groups is 1. The van der Waals surface area contributed by atoms with Gasteiger partial charge in [0.2, 0.25) is 0 Å². The second kappa shape index (κ2) is 4.59. The highest BCUT2D eigenvalue weighted by atomic mass is 32.2. The highest BCUT2D eigenvalue weighted by molar-refractivity contribution is 7.93. The molecule has 0 aromatic rings. The molecule has 1 saturated heterocycles. The number of nitrogens with zero attached hydrogens (tertiary/aromatic N) is 1. The average Bonchev–Trinajstić information content (AvgIpc) is 2.04. The van der Waals surface area contributed by atoms with Crippen LogP contribution in [0.3, 0.4) is 0 Å². The van der Waals surface area contributed by atoms with E-state index in [1.165, 1.54) is 6.20 Å². The fourth-order valence-electron chi connectivity index (χ4n) is 0.952. The second-order valence-electron chi connectivity index (χ2n) is 2.86. The van der Waals surface area contributed by atoms with Crippen LogP contribution < -0.4 is 5.43 Å². The summed E-state index contributed by atoms with van der Waals surface area (Å²) in [6.45, 7) is 2.90. The number of hydrogen-bond acceptors (Lipinski definition) is 5. The van der Waals surface area contributed by atoms with Gasteiger partial charge >= 0.3 is 0 Å². The maximum Gasteiger partial charge on any atom is 0.170 e. The molecule has 1 fully saturated rings. The molecular weight excluding hydrogens is 192 g/mol. The Morgan fingerprint density at radius 2 is 2.00 bits per heavy atom. The van der Waals surface area contributed by atoms with Crippen molar-refractivity contribution in [3.8, 4) is 0 Å². The zero-order valence-electron chi connectivity index (χ0n) is 7.56.